The highest BCUT2D eigenvalue weighted by Crippen LogP contribution is 2.16. The quantitative estimate of drug-likeness (QED) is 0.851. The largest absolute Gasteiger partial charge is 0.375 e. The highest BCUT2D eigenvalue weighted by atomic mass is 16.5. The molecule has 0 N–H and O–H groups in total. The SMILES string of the molecule is O=C(c1ccc2ccccc2n1)N1CCCO[C@@H](CN2CCCCC2)C1. The Labute approximate surface area is 154 Å². The zero-order valence-electron chi connectivity index (χ0n) is 15.3. The number of nitrogens with zero attached hydrogens (tertiary/aromatic N) is 3. The third kappa shape index (κ3) is 4.05. The highest BCUT2D eigenvalue weighted by molar-refractivity contribution is 5.94. The van der Waals surface area contributed by atoms with Gasteiger partial charge in [-0.1, -0.05) is 30.7 Å². The van der Waals surface area contributed by atoms with Gasteiger partial charge in [-0.3, -0.25) is 4.79 Å². The van der Waals surface area contributed by atoms with Gasteiger partial charge in [0.05, 0.1) is 11.6 Å². The van der Waals surface area contributed by atoms with Crippen molar-refractivity contribution in [2.75, 3.05) is 39.3 Å². The van der Waals surface area contributed by atoms with Crippen LogP contribution in [0, 0.1) is 0 Å². The van der Waals surface area contributed by atoms with Crippen molar-refractivity contribution in [3.05, 3.63) is 42.1 Å². The number of hydrogen-bond donors (Lipinski definition) is 0. The number of ether oxygens (including phenoxy) is 1. The topological polar surface area (TPSA) is 45.7 Å². The van der Waals surface area contributed by atoms with Crippen LogP contribution in [-0.4, -0.2) is 66.1 Å². The molecule has 0 saturated carbocycles. The smallest absolute Gasteiger partial charge is 0.272 e. The van der Waals surface area contributed by atoms with Crippen molar-refractivity contribution in [2.24, 2.45) is 0 Å². The van der Waals surface area contributed by atoms with Crippen molar-refractivity contribution >= 4 is 16.8 Å². The molecular weight excluding hydrogens is 326 g/mol. The Morgan fingerprint density at radius 3 is 2.77 bits per heavy atom. The van der Waals surface area contributed by atoms with Crippen molar-refractivity contribution in [3.8, 4) is 0 Å². The molecule has 2 fully saturated rings. The van der Waals surface area contributed by atoms with E-state index in [0.29, 0.717) is 12.2 Å². The van der Waals surface area contributed by atoms with Crippen molar-refractivity contribution in [2.45, 2.75) is 31.8 Å². The lowest BCUT2D eigenvalue weighted by Crippen LogP contribution is -2.44. The standard InChI is InChI=1S/C21H27N3O2/c25-21(20-10-9-17-7-2-3-8-19(17)22-20)24-13-6-14-26-18(16-24)15-23-11-4-1-5-12-23/h2-3,7-10,18H,1,4-6,11-16H2/t18-/m0/s1. The van der Waals surface area contributed by atoms with E-state index in [2.05, 4.69) is 9.88 Å². The fourth-order valence-corrected chi connectivity index (χ4v) is 3.97. The van der Waals surface area contributed by atoms with Crippen LogP contribution in [0.2, 0.25) is 0 Å². The number of aromatic nitrogens is 1. The summed E-state index contributed by atoms with van der Waals surface area (Å²) in [5.41, 5.74) is 1.40. The van der Waals surface area contributed by atoms with E-state index in [-0.39, 0.29) is 12.0 Å². The van der Waals surface area contributed by atoms with E-state index < -0.39 is 0 Å². The molecule has 1 aromatic carbocycles. The fourth-order valence-electron chi connectivity index (χ4n) is 3.97. The van der Waals surface area contributed by atoms with Gasteiger partial charge in [0.25, 0.3) is 5.91 Å². The van der Waals surface area contributed by atoms with Crippen LogP contribution in [0.15, 0.2) is 36.4 Å². The Kier molecular flexibility index (Phi) is 5.46. The number of amides is 1. The molecule has 2 aliphatic rings. The van der Waals surface area contributed by atoms with Crippen LogP contribution in [0.3, 0.4) is 0 Å². The average Bonchev–Trinajstić information content (AvgIpc) is 2.93. The number of carbonyl (C=O) groups excluding carboxylic acids is 1. The zero-order chi connectivity index (χ0) is 17.8. The van der Waals surface area contributed by atoms with E-state index in [4.69, 9.17) is 4.74 Å². The molecule has 4 rings (SSSR count). The number of carbonyl (C=O) groups is 1. The second-order valence-corrected chi connectivity index (χ2v) is 7.35. The van der Waals surface area contributed by atoms with Gasteiger partial charge in [-0.05, 0) is 44.5 Å². The van der Waals surface area contributed by atoms with E-state index in [1.807, 2.05) is 41.3 Å². The first-order valence-corrected chi connectivity index (χ1v) is 9.78. The van der Waals surface area contributed by atoms with Crippen molar-refractivity contribution in [3.63, 3.8) is 0 Å². The van der Waals surface area contributed by atoms with Gasteiger partial charge in [-0.2, -0.15) is 0 Å². The Morgan fingerprint density at radius 1 is 1.04 bits per heavy atom. The van der Waals surface area contributed by atoms with E-state index in [1.54, 1.807) is 0 Å². The van der Waals surface area contributed by atoms with Gasteiger partial charge >= 0.3 is 0 Å². The molecule has 2 aliphatic heterocycles. The fraction of sp³-hybridized carbons (Fsp3) is 0.524. The maximum Gasteiger partial charge on any atom is 0.272 e. The zero-order valence-corrected chi connectivity index (χ0v) is 15.3. The minimum atomic E-state index is 0.0184. The first kappa shape index (κ1) is 17.4. The molecule has 1 atom stereocenters. The predicted octanol–water partition coefficient (Wildman–Crippen LogP) is 2.95. The summed E-state index contributed by atoms with van der Waals surface area (Å²) in [5.74, 6) is 0.0184. The number of pyridine rings is 1. The van der Waals surface area contributed by atoms with Gasteiger partial charge < -0.3 is 14.5 Å². The molecule has 1 aromatic heterocycles. The number of benzene rings is 1. The van der Waals surface area contributed by atoms with E-state index in [1.165, 1.54) is 19.3 Å². The molecule has 3 heterocycles. The second-order valence-electron chi connectivity index (χ2n) is 7.35. The minimum Gasteiger partial charge on any atom is -0.375 e. The van der Waals surface area contributed by atoms with Gasteiger partial charge in [0.15, 0.2) is 0 Å². The summed E-state index contributed by atoms with van der Waals surface area (Å²) in [7, 11) is 0. The first-order valence-electron chi connectivity index (χ1n) is 9.78. The lowest BCUT2D eigenvalue weighted by Gasteiger charge is -2.31. The number of hydrogen-bond acceptors (Lipinski definition) is 4. The maximum absolute atomic E-state index is 13.0. The van der Waals surface area contributed by atoms with Crippen LogP contribution < -0.4 is 0 Å². The van der Waals surface area contributed by atoms with Crippen molar-refractivity contribution < 1.29 is 9.53 Å². The van der Waals surface area contributed by atoms with Crippen LogP contribution >= 0.6 is 0 Å². The second kappa shape index (κ2) is 8.14. The Morgan fingerprint density at radius 2 is 1.88 bits per heavy atom. The normalized spacial score (nSPS) is 22.3. The van der Waals surface area contributed by atoms with E-state index >= 15 is 0 Å². The molecule has 5 nitrogen and oxygen atoms in total. The number of likely N-dealkylation sites (tertiary alicyclic amines) is 1. The summed E-state index contributed by atoms with van der Waals surface area (Å²) in [4.78, 5) is 22.0. The Bertz CT molecular complexity index is 758. The molecule has 0 unspecified atom stereocenters. The molecule has 0 radical (unpaired) electrons. The summed E-state index contributed by atoms with van der Waals surface area (Å²) >= 11 is 0. The van der Waals surface area contributed by atoms with Gasteiger partial charge in [-0.15, -0.1) is 0 Å². The first-order chi connectivity index (χ1) is 12.8. The Balaban J connectivity index is 1.46. The van der Waals surface area contributed by atoms with Crippen molar-refractivity contribution in [1.29, 1.82) is 0 Å². The summed E-state index contributed by atoms with van der Waals surface area (Å²) in [5, 5.41) is 1.06. The summed E-state index contributed by atoms with van der Waals surface area (Å²) < 4.78 is 6.04. The summed E-state index contributed by atoms with van der Waals surface area (Å²) in [6, 6.07) is 11.7. The molecular formula is C21H27N3O2. The lowest BCUT2D eigenvalue weighted by atomic mass is 10.1. The molecule has 0 spiro atoms. The summed E-state index contributed by atoms with van der Waals surface area (Å²) in [6.07, 6.45) is 4.86. The number of rotatable bonds is 3. The average molecular weight is 353 g/mol. The molecule has 0 aliphatic carbocycles. The van der Waals surface area contributed by atoms with E-state index in [9.17, 15) is 4.79 Å². The molecule has 1 amide bonds. The number of para-hydroxylation sites is 1. The molecule has 5 heteroatoms. The van der Waals surface area contributed by atoms with Gasteiger partial charge in [-0.25, -0.2) is 4.98 Å². The van der Waals surface area contributed by atoms with Crippen LogP contribution in [-0.2, 0) is 4.74 Å². The van der Waals surface area contributed by atoms with Crippen LogP contribution in [0.1, 0.15) is 36.2 Å². The van der Waals surface area contributed by atoms with Crippen LogP contribution in [0.4, 0.5) is 0 Å². The highest BCUT2D eigenvalue weighted by Gasteiger charge is 2.26. The predicted molar refractivity (Wildman–Crippen MR) is 102 cm³/mol. The summed E-state index contributed by atoms with van der Waals surface area (Å²) in [6.45, 7) is 5.36. The Hall–Kier alpha value is -1.98. The third-order valence-corrected chi connectivity index (χ3v) is 5.37. The molecule has 2 saturated heterocycles. The minimum absolute atomic E-state index is 0.0184. The van der Waals surface area contributed by atoms with E-state index in [0.717, 1.165) is 50.1 Å². The van der Waals surface area contributed by atoms with Gasteiger partial charge in [0, 0.05) is 31.6 Å². The number of fused-ring (bicyclic) bond motifs is 1. The van der Waals surface area contributed by atoms with Gasteiger partial charge in [0.1, 0.15) is 5.69 Å². The molecule has 26 heavy (non-hydrogen) atoms. The lowest BCUT2D eigenvalue weighted by molar-refractivity contribution is 0.0215. The molecule has 0 bridgehead atoms. The van der Waals surface area contributed by atoms with Crippen molar-refractivity contribution in [1.82, 2.24) is 14.8 Å². The maximum atomic E-state index is 13.0. The molecule has 138 valence electrons. The van der Waals surface area contributed by atoms with Gasteiger partial charge in [0.2, 0.25) is 0 Å². The molecule has 2 aromatic rings. The monoisotopic (exact) mass is 353 g/mol. The van der Waals surface area contributed by atoms with Crippen LogP contribution in [0.25, 0.3) is 10.9 Å². The third-order valence-electron chi connectivity index (χ3n) is 5.37. The van der Waals surface area contributed by atoms with Crippen LogP contribution in [0.5, 0.6) is 0 Å². The number of piperidine rings is 1.